The average molecular weight is 498 g/mol. The monoisotopic (exact) mass is 497 g/mol. The molecule has 2 N–H and O–H groups in total. The second-order valence-electron chi connectivity index (χ2n) is 10.1. The predicted molar refractivity (Wildman–Crippen MR) is 150 cm³/mol. The van der Waals surface area contributed by atoms with Crippen molar-refractivity contribution in [2.45, 2.75) is 38.4 Å². The number of nitrogens with one attached hydrogen (secondary N) is 2. The highest BCUT2D eigenvalue weighted by Crippen LogP contribution is 2.39. The van der Waals surface area contributed by atoms with Crippen LogP contribution in [0.25, 0.3) is 0 Å². The summed E-state index contributed by atoms with van der Waals surface area (Å²) in [6, 6.07) is 23.8. The minimum atomic E-state index is -0.268. The minimum absolute atomic E-state index is 0.0203. The molecule has 0 aliphatic carbocycles. The number of benzene rings is 3. The minimum Gasteiger partial charge on any atom is -0.355 e. The Labute approximate surface area is 219 Å². The molecular weight excluding hydrogens is 462 g/mol. The van der Waals surface area contributed by atoms with Gasteiger partial charge < -0.3 is 25.3 Å². The van der Waals surface area contributed by atoms with Crippen LogP contribution in [0.3, 0.4) is 0 Å². The van der Waals surface area contributed by atoms with Gasteiger partial charge in [0, 0.05) is 36.6 Å². The van der Waals surface area contributed by atoms with E-state index in [1.807, 2.05) is 68.6 Å². The molecule has 2 aliphatic heterocycles. The van der Waals surface area contributed by atoms with E-state index in [4.69, 9.17) is 0 Å². The van der Waals surface area contributed by atoms with E-state index in [1.165, 1.54) is 0 Å². The molecule has 7 nitrogen and oxygen atoms in total. The van der Waals surface area contributed by atoms with Crippen molar-refractivity contribution < 1.29 is 9.59 Å². The van der Waals surface area contributed by atoms with Gasteiger partial charge in [0.1, 0.15) is 6.04 Å². The highest BCUT2D eigenvalue weighted by atomic mass is 16.2. The van der Waals surface area contributed by atoms with E-state index in [-0.39, 0.29) is 23.9 Å². The maximum absolute atomic E-state index is 12.9. The second kappa shape index (κ2) is 10.6. The summed E-state index contributed by atoms with van der Waals surface area (Å²) >= 11 is 0. The van der Waals surface area contributed by atoms with Crippen LogP contribution in [-0.2, 0) is 11.3 Å². The molecule has 0 saturated carbocycles. The zero-order valence-corrected chi connectivity index (χ0v) is 21.8. The van der Waals surface area contributed by atoms with Gasteiger partial charge in [0.25, 0.3) is 5.91 Å². The molecule has 1 saturated heterocycles. The number of carbonyl (C=O) groups excluding carboxylic acids is 2. The third-order valence-electron chi connectivity index (χ3n) is 7.49. The summed E-state index contributed by atoms with van der Waals surface area (Å²) in [4.78, 5) is 31.8. The second-order valence-corrected chi connectivity index (χ2v) is 10.1. The number of fused-ring (bicyclic) bond motifs is 1. The summed E-state index contributed by atoms with van der Waals surface area (Å²) in [6.07, 6.45) is 1.97. The number of amides is 2. The summed E-state index contributed by atoms with van der Waals surface area (Å²) in [6.45, 7) is 4.64. The number of rotatable bonds is 6. The van der Waals surface area contributed by atoms with Crippen molar-refractivity contribution in [1.82, 2.24) is 10.2 Å². The Bertz CT molecular complexity index is 1250. The molecule has 2 amide bonds. The van der Waals surface area contributed by atoms with Crippen molar-refractivity contribution in [2.24, 2.45) is 0 Å². The van der Waals surface area contributed by atoms with Gasteiger partial charge in [-0.2, -0.15) is 0 Å². The molecule has 7 heteroatoms. The molecule has 37 heavy (non-hydrogen) atoms. The van der Waals surface area contributed by atoms with Crippen LogP contribution in [0.5, 0.6) is 0 Å². The molecule has 0 spiro atoms. The lowest BCUT2D eigenvalue weighted by Gasteiger charge is -2.40. The maximum atomic E-state index is 12.9. The first kappa shape index (κ1) is 24.8. The van der Waals surface area contributed by atoms with Gasteiger partial charge in [-0.05, 0) is 87.9 Å². The number of hydrogen-bond donors (Lipinski definition) is 2. The maximum Gasteiger partial charge on any atom is 0.251 e. The normalized spacial score (nSPS) is 18.5. The molecule has 2 aliphatic rings. The summed E-state index contributed by atoms with van der Waals surface area (Å²) in [5.41, 5.74) is 5.56. The smallest absolute Gasteiger partial charge is 0.251 e. The van der Waals surface area contributed by atoms with Crippen LogP contribution < -0.4 is 20.4 Å². The van der Waals surface area contributed by atoms with Gasteiger partial charge in [0.15, 0.2) is 0 Å². The first-order valence-corrected chi connectivity index (χ1v) is 13.0. The van der Waals surface area contributed by atoms with Gasteiger partial charge in [0.2, 0.25) is 5.91 Å². The molecule has 0 unspecified atom stereocenters. The zero-order chi connectivity index (χ0) is 25.9. The number of likely N-dealkylation sites (tertiary alicyclic amines) is 1. The van der Waals surface area contributed by atoms with Crippen LogP contribution in [0.15, 0.2) is 72.8 Å². The van der Waals surface area contributed by atoms with Crippen LogP contribution in [-0.4, -0.2) is 56.0 Å². The number of nitrogens with zero attached hydrogens (tertiary/aromatic N) is 3. The Morgan fingerprint density at radius 3 is 2.27 bits per heavy atom. The van der Waals surface area contributed by atoms with Crippen molar-refractivity contribution >= 4 is 34.6 Å². The number of anilines is 4. The van der Waals surface area contributed by atoms with Crippen LogP contribution in [0.2, 0.25) is 0 Å². The molecule has 1 fully saturated rings. The third kappa shape index (κ3) is 5.47. The molecule has 0 bridgehead atoms. The molecule has 0 radical (unpaired) electrons. The summed E-state index contributed by atoms with van der Waals surface area (Å²) in [5.74, 6) is 0.0615. The van der Waals surface area contributed by atoms with Crippen molar-refractivity contribution in [3.8, 4) is 0 Å². The average Bonchev–Trinajstić information content (AvgIpc) is 2.92. The molecule has 2 heterocycles. The van der Waals surface area contributed by atoms with Crippen molar-refractivity contribution in [3.63, 3.8) is 0 Å². The highest BCUT2D eigenvalue weighted by Gasteiger charge is 2.33. The van der Waals surface area contributed by atoms with Gasteiger partial charge >= 0.3 is 0 Å². The number of likely N-dealkylation sites (N-methyl/N-ethyl adjacent to an activating group) is 1. The molecule has 1 atom stereocenters. The molecule has 192 valence electrons. The molecular formula is C30H35N5O2. The van der Waals surface area contributed by atoms with Gasteiger partial charge in [-0.3, -0.25) is 9.59 Å². The van der Waals surface area contributed by atoms with Crippen molar-refractivity contribution in [1.29, 1.82) is 0 Å². The molecule has 5 rings (SSSR count). The fourth-order valence-electron chi connectivity index (χ4n) is 5.15. The molecule has 0 aromatic heterocycles. The van der Waals surface area contributed by atoms with Crippen LogP contribution in [0, 0.1) is 0 Å². The van der Waals surface area contributed by atoms with Crippen molar-refractivity contribution in [2.75, 3.05) is 42.3 Å². The Hall–Kier alpha value is -3.84. The summed E-state index contributed by atoms with van der Waals surface area (Å²) < 4.78 is 0. The first-order valence-electron chi connectivity index (χ1n) is 13.0. The van der Waals surface area contributed by atoms with E-state index in [9.17, 15) is 9.59 Å². The Kier molecular flexibility index (Phi) is 7.15. The van der Waals surface area contributed by atoms with Crippen LogP contribution in [0.1, 0.15) is 35.7 Å². The standard InChI is InChI=1S/C30H35N5O2/c1-21-30(37)34(3)27-14-13-26(19-28(27)35(21)20-22-7-5-4-6-8-22)31-24-11-9-23(10-12-24)29(36)32-25-15-17-33(2)18-16-25/h4-14,19,21,25,31H,15-18,20H2,1-3H3,(H,32,36)/t21-/m1/s1. The molecule has 3 aromatic carbocycles. The Balaban J connectivity index is 1.31. The van der Waals surface area contributed by atoms with E-state index < -0.39 is 0 Å². The predicted octanol–water partition coefficient (Wildman–Crippen LogP) is 4.63. The largest absolute Gasteiger partial charge is 0.355 e. The van der Waals surface area contributed by atoms with Gasteiger partial charge in [-0.15, -0.1) is 0 Å². The quantitative estimate of drug-likeness (QED) is 0.520. The van der Waals surface area contributed by atoms with E-state index >= 15 is 0 Å². The molecule has 3 aromatic rings. The Morgan fingerprint density at radius 2 is 1.57 bits per heavy atom. The van der Waals surface area contributed by atoms with E-state index in [0.717, 1.165) is 54.2 Å². The van der Waals surface area contributed by atoms with E-state index in [2.05, 4.69) is 45.7 Å². The zero-order valence-electron chi connectivity index (χ0n) is 21.8. The lowest BCUT2D eigenvalue weighted by Crippen LogP contribution is -2.50. The lowest BCUT2D eigenvalue weighted by atomic mass is 10.0. The summed E-state index contributed by atoms with van der Waals surface area (Å²) in [5, 5.41) is 6.64. The first-order chi connectivity index (χ1) is 17.9. The fourth-order valence-corrected chi connectivity index (χ4v) is 5.15. The van der Waals surface area contributed by atoms with Crippen LogP contribution in [0.4, 0.5) is 22.7 Å². The van der Waals surface area contributed by atoms with Crippen LogP contribution >= 0.6 is 0 Å². The number of hydrogen-bond acceptors (Lipinski definition) is 5. The number of carbonyl (C=O) groups is 2. The number of piperidine rings is 1. The van der Waals surface area contributed by atoms with Gasteiger partial charge in [-0.1, -0.05) is 30.3 Å². The fraction of sp³-hybridized carbons (Fsp3) is 0.333. The topological polar surface area (TPSA) is 67.9 Å². The SMILES string of the molecule is C[C@@H]1C(=O)N(C)c2ccc(Nc3ccc(C(=O)NC4CCN(C)CC4)cc3)cc2N1Cc1ccccc1. The van der Waals surface area contributed by atoms with E-state index in [1.54, 1.807) is 4.90 Å². The van der Waals surface area contributed by atoms with Gasteiger partial charge in [0.05, 0.1) is 11.4 Å². The lowest BCUT2D eigenvalue weighted by molar-refractivity contribution is -0.119. The summed E-state index contributed by atoms with van der Waals surface area (Å²) in [7, 11) is 3.95. The van der Waals surface area contributed by atoms with E-state index in [0.29, 0.717) is 12.1 Å². The highest BCUT2D eigenvalue weighted by molar-refractivity contribution is 6.05. The third-order valence-corrected chi connectivity index (χ3v) is 7.49. The van der Waals surface area contributed by atoms with Crippen molar-refractivity contribution in [3.05, 3.63) is 83.9 Å². The Morgan fingerprint density at radius 1 is 0.892 bits per heavy atom. The van der Waals surface area contributed by atoms with Gasteiger partial charge in [-0.25, -0.2) is 0 Å².